The molecule has 1 aromatic carbocycles. The molecule has 13 heavy (non-hydrogen) atoms. The highest BCUT2D eigenvalue weighted by atomic mass is 16.1. The summed E-state index contributed by atoms with van der Waals surface area (Å²) in [7, 11) is 0. The molecule has 0 aromatic heterocycles. The molecule has 0 saturated heterocycles. The molecule has 0 fully saturated rings. The summed E-state index contributed by atoms with van der Waals surface area (Å²) in [4.78, 5) is 10.5. The Kier molecular flexibility index (Phi) is 2.81. The maximum atomic E-state index is 10.5. The molecule has 0 radical (unpaired) electrons. The Balaban J connectivity index is 3.11. The van der Waals surface area contributed by atoms with Crippen molar-refractivity contribution in [1.82, 2.24) is 0 Å². The van der Waals surface area contributed by atoms with Crippen molar-refractivity contribution in [2.75, 3.05) is 0 Å². The Morgan fingerprint density at radius 3 is 2.54 bits per heavy atom. The number of rotatable bonds is 2. The number of aryl methyl sites for hydroxylation is 2. The lowest BCUT2D eigenvalue weighted by Crippen LogP contribution is -1.97. The van der Waals surface area contributed by atoms with E-state index >= 15 is 0 Å². The predicted molar refractivity (Wildman–Crippen MR) is 50.3 cm³/mol. The molecule has 0 bridgehead atoms. The van der Waals surface area contributed by atoms with Gasteiger partial charge in [0.2, 0.25) is 0 Å². The largest absolute Gasteiger partial charge is 0.302 e. The number of benzene rings is 1. The molecule has 2 heteroatoms. The number of carbonyl (C=O) groups is 1. The molecule has 2 nitrogen and oxygen atoms in total. The minimum absolute atomic E-state index is 0.626. The van der Waals surface area contributed by atoms with Gasteiger partial charge in [-0.25, -0.2) is 0 Å². The van der Waals surface area contributed by atoms with Gasteiger partial charge in [-0.15, -0.1) is 0 Å². The van der Waals surface area contributed by atoms with Gasteiger partial charge in [-0.3, -0.25) is 0 Å². The number of nitriles is 1. The van der Waals surface area contributed by atoms with Crippen LogP contribution < -0.4 is 0 Å². The van der Waals surface area contributed by atoms with Crippen LogP contribution in [0, 0.1) is 25.2 Å². The summed E-state index contributed by atoms with van der Waals surface area (Å²) < 4.78 is 0. The van der Waals surface area contributed by atoms with E-state index in [0.29, 0.717) is 6.29 Å². The summed E-state index contributed by atoms with van der Waals surface area (Å²) in [6, 6.07) is 7.59. The highest BCUT2D eigenvalue weighted by Gasteiger charge is 2.08. The highest BCUT2D eigenvalue weighted by molar-refractivity contribution is 5.66. The molecule has 66 valence electrons. The lowest BCUT2D eigenvalue weighted by molar-refractivity contribution is -0.108. The fraction of sp³-hybridized carbons (Fsp3) is 0.273. The fourth-order valence-electron chi connectivity index (χ4n) is 1.14. The van der Waals surface area contributed by atoms with Gasteiger partial charge in [0, 0.05) is 0 Å². The number of carbonyl (C=O) groups excluding carboxylic acids is 1. The Hall–Kier alpha value is -1.62. The Morgan fingerprint density at radius 1 is 1.38 bits per heavy atom. The summed E-state index contributed by atoms with van der Waals surface area (Å²) in [5.41, 5.74) is 3.06. The molecule has 0 saturated carbocycles. The molecule has 1 atom stereocenters. The Bertz CT molecular complexity index is 363. The van der Waals surface area contributed by atoms with E-state index in [9.17, 15) is 4.79 Å². The van der Waals surface area contributed by atoms with Crippen molar-refractivity contribution < 1.29 is 4.79 Å². The van der Waals surface area contributed by atoms with Gasteiger partial charge in [0.15, 0.2) is 0 Å². The fourth-order valence-corrected chi connectivity index (χ4v) is 1.14. The molecule has 0 aliphatic carbocycles. The monoisotopic (exact) mass is 173 g/mol. The van der Waals surface area contributed by atoms with Gasteiger partial charge in [-0.1, -0.05) is 18.2 Å². The van der Waals surface area contributed by atoms with Gasteiger partial charge < -0.3 is 4.79 Å². The van der Waals surface area contributed by atoms with Crippen molar-refractivity contribution in [2.45, 2.75) is 19.8 Å². The standard InChI is InChI=1S/C11H11NO/c1-8-3-4-10(5-9(8)2)11(6-12)7-13/h3-5,7,11H,1-2H3. The molecular formula is C11H11NO. The molecular weight excluding hydrogens is 162 g/mol. The average Bonchev–Trinajstić information content (AvgIpc) is 2.13. The molecule has 0 aliphatic heterocycles. The lowest BCUT2D eigenvalue weighted by Gasteiger charge is -2.04. The minimum Gasteiger partial charge on any atom is -0.302 e. The zero-order valence-corrected chi connectivity index (χ0v) is 7.74. The molecule has 0 aliphatic rings. The smallest absolute Gasteiger partial charge is 0.141 e. The van der Waals surface area contributed by atoms with Crippen LogP contribution in [-0.2, 0) is 4.79 Å². The van der Waals surface area contributed by atoms with Gasteiger partial charge in [0.05, 0.1) is 6.07 Å². The predicted octanol–water partition coefficient (Wildman–Crippen LogP) is 2.11. The third-order valence-electron chi connectivity index (χ3n) is 2.17. The van der Waals surface area contributed by atoms with Crippen molar-refractivity contribution in [1.29, 1.82) is 5.26 Å². The van der Waals surface area contributed by atoms with Gasteiger partial charge >= 0.3 is 0 Å². The van der Waals surface area contributed by atoms with Gasteiger partial charge in [0.1, 0.15) is 12.2 Å². The van der Waals surface area contributed by atoms with Gasteiger partial charge in [-0.2, -0.15) is 5.26 Å². The Labute approximate surface area is 77.8 Å². The zero-order chi connectivity index (χ0) is 9.84. The van der Waals surface area contributed by atoms with Crippen LogP contribution in [0.5, 0.6) is 0 Å². The summed E-state index contributed by atoms with van der Waals surface area (Å²) in [5.74, 6) is -0.626. The molecule has 0 N–H and O–H groups in total. The summed E-state index contributed by atoms with van der Waals surface area (Å²) in [6.07, 6.45) is 0.671. The van der Waals surface area contributed by atoms with E-state index in [1.165, 1.54) is 5.56 Å². The number of hydrogen-bond acceptors (Lipinski definition) is 2. The number of hydrogen-bond donors (Lipinski definition) is 0. The zero-order valence-electron chi connectivity index (χ0n) is 7.74. The van der Waals surface area contributed by atoms with E-state index in [-0.39, 0.29) is 0 Å². The molecule has 0 heterocycles. The lowest BCUT2D eigenvalue weighted by atomic mass is 9.98. The normalized spacial score (nSPS) is 11.8. The first-order valence-electron chi connectivity index (χ1n) is 4.11. The second-order valence-electron chi connectivity index (χ2n) is 3.09. The number of nitrogens with zero attached hydrogens (tertiary/aromatic N) is 1. The topological polar surface area (TPSA) is 40.9 Å². The van der Waals surface area contributed by atoms with Crippen LogP contribution in [0.1, 0.15) is 22.6 Å². The van der Waals surface area contributed by atoms with E-state index in [1.54, 1.807) is 0 Å². The average molecular weight is 173 g/mol. The van der Waals surface area contributed by atoms with Crippen molar-refractivity contribution >= 4 is 6.29 Å². The maximum Gasteiger partial charge on any atom is 0.141 e. The molecule has 1 unspecified atom stereocenters. The second-order valence-corrected chi connectivity index (χ2v) is 3.09. The summed E-state index contributed by atoms with van der Waals surface area (Å²) >= 11 is 0. The van der Waals surface area contributed by atoms with Crippen molar-refractivity contribution in [2.24, 2.45) is 0 Å². The molecule has 1 rings (SSSR count). The molecule has 1 aromatic rings. The van der Waals surface area contributed by atoms with E-state index < -0.39 is 5.92 Å². The van der Waals surface area contributed by atoms with Gasteiger partial charge in [-0.05, 0) is 30.5 Å². The SMILES string of the molecule is Cc1ccc(C(C#N)C=O)cc1C. The van der Waals surface area contributed by atoms with Crippen molar-refractivity contribution in [3.05, 3.63) is 34.9 Å². The van der Waals surface area contributed by atoms with Crippen LogP contribution in [0.15, 0.2) is 18.2 Å². The van der Waals surface area contributed by atoms with E-state index in [0.717, 1.165) is 11.1 Å². The maximum absolute atomic E-state index is 10.5. The van der Waals surface area contributed by atoms with Crippen LogP contribution in [-0.4, -0.2) is 6.29 Å². The minimum atomic E-state index is -0.626. The van der Waals surface area contributed by atoms with E-state index in [2.05, 4.69) is 0 Å². The third-order valence-corrected chi connectivity index (χ3v) is 2.17. The second kappa shape index (κ2) is 3.86. The summed E-state index contributed by atoms with van der Waals surface area (Å²) in [6.45, 7) is 3.97. The van der Waals surface area contributed by atoms with Crippen LogP contribution in [0.25, 0.3) is 0 Å². The number of aldehydes is 1. The first-order valence-corrected chi connectivity index (χ1v) is 4.11. The van der Waals surface area contributed by atoms with Gasteiger partial charge in [0.25, 0.3) is 0 Å². The van der Waals surface area contributed by atoms with Crippen LogP contribution in [0.3, 0.4) is 0 Å². The first-order chi connectivity index (χ1) is 6.19. The Morgan fingerprint density at radius 2 is 2.08 bits per heavy atom. The first kappa shape index (κ1) is 9.47. The van der Waals surface area contributed by atoms with Crippen molar-refractivity contribution in [3.63, 3.8) is 0 Å². The molecule has 0 spiro atoms. The highest BCUT2D eigenvalue weighted by Crippen LogP contribution is 2.16. The third kappa shape index (κ3) is 1.94. The van der Waals surface area contributed by atoms with Crippen LogP contribution in [0.4, 0.5) is 0 Å². The van der Waals surface area contributed by atoms with Crippen LogP contribution >= 0.6 is 0 Å². The summed E-state index contributed by atoms with van der Waals surface area (Å²) in [5, 5.41) is 8.66. The molecule has 0 amide bonds. The quantitative estimate of drug-likeness (QED) is 0.642. The van der Waals surface area contributed by atoms with Crippen LogP contribution in [0.2, 0.25) is 0 Å². The van der Waals surface area contributed by atoms with E-state index in [1.807, 2.05) is 38.1 Å². The van der Waals surface area contributed by atoms with E-state index in [4.69, 9.17) is 5.26 Å². The van der Waals surface area contributed by atoms with Crippen molar-refractivity contribution in [3.8, 4) is 6.07 Å².